The Bertz CT molecular complexity index is 1850. The maximum atomic E-state index is 12.8. The van der Waals surface area contributed by atoms with E-state index >= 15 is 0 Å². The van der Waals surface area contributed by atoms with Gasteiger partial charge in [-0.25, -0.2) is 4.57 Å². The Morgan fingerprint density at radius 2 is 0.591 bits per heavy atom. The molecule has 0 aliphatic rings. The molecule has 9 nitrogen and oxygen atoms in total. The third-order valence-electron chi connectivity index (χ3n) is 17.5. The second kappa shape index (κ2) is 77.9. The van der Waals surface area contributed by atoms with E-state index in [1.165, 1.54) is 257 Å². The van der Waals surface area contributed by atoms with Crippen LogP contribution in [0.5, 0.6) is 0 Å². The summed E-state index contributed by atoms with van der Waals surface area (Å²) >= 11 is 0. The molecule has 0 spiro atoms. The average molecular weight is 1320 g/mol. The van der Waals surface area contributed by atoms with E-state index in [-0.39, 0.29) is 38.6 Å². The maximum Gasteiger partial charge on any atom is 0.472 e. The molecule has 2 unspecified atom stereocenters. The molecular formula is C83H150NO8P. The second-order valence-corrected chi connectivity index (χ2v) is 28.0. The quantitative estimate of drug-likeness (QED) is 0.0264. The zero-order valence-electron chi connectivity index (χ0n) is 61.0. The molecule has 0 aromatic heterocycles. The van der Waals surface area contributed by atoms with Crippen molar-refractivity contribution in [1.29, 1.82) is 0 Å². The molecule has 0 saturated heterocycles. The van der Waals surface area contributed by atoms with Gasteiger partial charge in [0.1, 0.15) is 6.61 Å². The fourth-order valence-corrected chi connectivity index (χ4v) is 12.4. The fraction of sp³-hybridized carbons (Fsp3) is 0.783. The maximum absolute atomic E-state index is 12.8. The first-order chi connectivity index (χ1) is 45.8. The largest absolute Gasteiger partial charge is 0.472 e. The molecule has 540 valence electrons. The highest BCUT2D eigenvalue weighted by molar-refractivity contribution is 7.47. The lowest BCUT2D eigenvalue weighted by Gasteiger charge is -2.19. The molecular weight excluding hydrogens is 1170 g/mol. The van der Waals surface area contributed by atoms with Crippen LogP contribution < -0.4 is 5.73 Å². The molecule has 3 N–H and O–H groups in total. The Morgan fingerprint density at radius 1 is 0.333 bits per heavy atom. The van der Waals surface area contributed by atoms with Crippen molar-refractivity contribution in [2.24, 2.45) is 5.73 Å². The van der Waals surface area contributed by atoms with Crippen LogP contribution in [0.2, 0.25) is 0 Å². The SMILES string of the molecule is CC/C=C\C/C=C\C/C=C\C/C=C\C/C=C\C/C=C\C/C=C\C/C=C\CCCCCCCCCCC(=O)OC(COC(=O)CCCCCCCCCCCCCCCCCCCCCCCCCCCCCCCCCCCCCCCCC)COP(=O)(O)OCCN. The van der Waals surface area contributed by atoms with Crippen molar-refractivity contribution in [2.45, 2.75) is 392 Å². The topological polar surface area (TPSA) is 134 Å². The van der Waals surface area contributed by atoms with Crippen LogP contribution in [0.4, 0.5) is 0 Å². The van der Waals surface area contributed by atoms with Crippen LogP contribution >= 0.6 is 7.82 Å². The van der Waals surface area contributed by atoms with E-state index in [2.05, 4.69) is 111 Å². The first-order valence-electron chi connectivity index (χ1n) is 39.7. The summed E-state index contributed by atoms with van der Waals surface area (Å²) in [5, 5.41) is 0. The number of nitrogens with two attached hydrogens (primary N) is 1. The van der Waals surface area contributed by atoms with Gasteiger partial charge < -0.3 is 20.1 Å². The highest BCUT2D eigenvalue weighted by atomic mass is 31.2. The van der Waals surface area contributed by atoms with Gasteiger partial charge in [-0.2, -0.15) is 0 Å². The zero-order valence-corrected chi connectivity index (χ0v) is 61.9. The molecule has 0 aliphatic heterocycles. The van der Waals surface area contributed by atoms with Gasteiger partial charge in [0.05, 0.1) is 13.2 Å². The van der Waals surface area contributed by atoms with Gasteiger partial charge in [-0.05, 0) is 77.0 Å². The summed E-state index contributed by atoms with van der Waals surface area (Å²) in [5.74, 6) is -0.826. The van der Waals surface area contributed by atoms with Crippen molar-refractivity contribution < 1.29 is 37.6 Å². The summed E-state index contributed by atoms with van der Waals surface area (Å²) in [7, 11) is -4.40. The molecule has 10 heteroatoms. The van der Waals surface area contributed by atoms with Crippen molar-refractivity contribution in [3.63, 3.8) is 0 Å². The predicted molar refractivity (Wildman–Crippen MR) is 404 cm³/mol. The van der Waals surface area contributed by atoms with Crippen LogP contribution in [-0.2, 0) is 32.7 Å². The lowest BCUT2D eigenvalue weighted by molar-refractivity contribution is -0.161. The van der Waals surface area contributed by atoms with E-state index in [0.717, 1.165) is 96.3 Å². The summed E-state index contributed by atoms with van der Waals surface area (Å²) < 4.78 is 33.2. The summed E-state index contributed by atoms with van der Waals surface area (Å²) in [6, 6.07) is 0. The van der Waals surface area contributed by atoms with Crippen LogP contribution in [0, 0.1) is 0 Å². The number of phosphoric acid groups is 1. The van der Waals surface area contributed by atoms with E-state index < -0.39 is 26.5 Å². The summed E-state index contributed by atoms with van der Waals surface area (Å²) in [6.45, 7) is 3.67. The second-order valence-electron chi connectivity index (χ2n) is 26.6. The number of esters is 2. The highest BCUT2D eigenvalue weighted by Gasteiger charge is 2.26. The first kappa shape index (κ1) is 89.9. The predicted octanol–water partition coefficient (Wildman–Crippen LogP) is 26.6. The lowest BCUT2D eigenvalue weighted by Crippen LogP contribution is -2.29. The van der Waals surface area contributed by atoms with Crippen molar-refractivity contribution in [2.75, 3.05) is 26.4 Å². The average Bonchev–Trinajstić information content (AvgIpc) is 3.32. The van der Waals surface area contributed by atoms with Gasteiger partial charge in [-0.1, -0.05) is 394 Å². The molecule has 93 heavy (non-hydrogen) atoms. The number of unbranched alkanes of at least 4 members (excludes halogenated alkanes) is 46. The van der Waals surface area contributed by atoms with E-state index in [1.807, 2.05) is 0 Å². The number of hydrogen-bond donors (Lipinski definition) is 2. The lowest BCUT2D eigenvalue weighted by atomic mass is 10.0. The van der Waals surface area contributed by atoms with Gasteiger partial charge in [0, 0.05) is 19.4 Å². The van der Waals surface area contributed by atoms with Crippen molar-refractivity contribution in [3.8, 4) is 0 Å². The smallest absolute Gasteiger partial charge is 0.462 e. The van der Waals surface area contributed by atoms with Gasteiger partial charge >= 0.3 is 19.8 Å². The molecule has 0 aromatic rings. The number of hydrogen-bond acceptors (Lipinski definition) is 8. The van der Waals surface area contributed by atoms with E-state index in [4.69, 9.17) is 24.3 Å². The minimum atomic E-state index is -4.40. The van der Waals surface area contributed by atoms with Crippen LogP contribution in [0.3, 0.4) is 0 Å². The standard InChI is InChI=1S/C83H150NO8P/c1-3-5-7-9-11-13-15-17-19-21-23-25-27-29-31-33-35-37-38-39-40-41-42-44-45-47-49-51-53-55-57-59-61-63-65-67-69-71-73-75-82(85)89-79-81(80-91-93(87,88)90-78-77-84)92-83(86)76-74-72-70-68-66-64-62-60-58-56-54-52-50-48-46-43-36-34-32-30-28-26-24-22-20-18-16-14-12-10-8-6-4-2/h6,8,12,14,18,20,24,26,30,32,36,43,48,50,54,56,81H,3-5,7,9-11,13,15-17,19,21-23,25,27-29,31,33-35,37-42,44-47,49,51-53,55,57-80,84H2,1-2H3,(H,87,88)/b8-6-,14-12-,20-18-,26-24-,32-30-,43-36-,50-48-,56-54-. The number of rotatable bonds is 75. The monoisotopic (exact) mass is 1320 g/mol. The summed E-state index contributed by atoms with van der Waals surface area (Å²) in [5.41, 5.74) is 5.41. The molecule has 2 atom stereocenters. The summed E-state index contributed by atoms with van der Waals surface area (Å²) in [6.07, 6.45) is 107. The molecule has 0 rings (SSSR count). The van der Waals surface area contributed by atoms with Crippen molar-refractivity contribution in [1.82, 2.24) is 0 Å². The van der Waals surface area contributed by atoms with E-state index in [0.29, 0.717) is 6.42 Å². The molecule has 0 amide bonds. The molecule has 0 aliphatic carbocycles. The molecule has 0 fully saturated rings. The number of allylic oxidation sites excluding steroid dienone is 16. The minimum Gasteiger partial charge on any atom is -0.462 e. The Morgan fingerprint density at radius 3 is 0.882 bits per heavy atom. The van der Waals surface area contributed by atoms with Gasteiger partial charge in [0.15, 0.2) is 6.10 Å². The normalized spacial score (nSPS) is 13.4. The van der Waals surface area contributed by atoms with Crippen molar-refractivity contribution in [3.05, 3.63) is 97.2 Å². The summed E-state index contributed by atoms with van der Waals surface area (Å²) in [4.78, 5) is 35.4. The molecule has 0 bridgehead atoms. The third kappa shape index (κ3) is 77.8. The third-order valence-corrected chi connectivity index (χ3v) is 18.5. The Hall–Kier alpha value is -3.07. The van der Waals surface area contributed by atoms with E-state index in [9.17, 15) is 19.0 Å². The van der Waals surface area contributed by atoms with Gasteiger partial charge in [0.25, 0.3) is 0 Å². The minimum absolute atomic E-state index is 0.0492. The van der Waals surface area contributed by atoms with Crippen LogP contribution in [0.25, 0.3) is 0 Å². The fourth-order valence-electron chi connectivity index (χ4n) is 11.7. The molecule has 0 heterocycles. The zero-order chi connectivity index (χ0) is 67.2. The molecule has 0 radical (unpaired) electrons. The van der Waals surface area contributed by atoms with Crippen LogP contribution in [0.1, 0.15) is 386 Å². The molecule has 0 aromatic carbocycles. The number of phosphoric ester groups is 1. The van der Waals surface area contributed by atoms with Crippen LogP contribution in [-0.4, -0.2) is 49.3 Å². The Labute approximate surface area is 576 Å². The van der Waals surface area contributed by atoms with Crippen LogP contribution in [0.15, 0.2) is 97.2 Å². The Balaban J connectivity index is 3.82. The number of ether oxygens (including phenoxy) is 2. The Kier molecular flexibility index (Phi) is 75.4. The first-order valence-corrected chi connectivity index (χ1v) is 41.2. The van der Waals surface area contributed by atoms with Gasteiger partial charge in [-0.15, -0.1) is 0 Å². The number of carbonyl (C=O) groups is 2. The van der Waals surface area contributed by atoms with E-state index in [1.54, 1.807) is 0 Å². The number of carbonyl (C=O) groups excluding carboxylic acids is 2. The van der Waals surface area contributed by atoms with Gasteiger partial charge in [-0.3, -0.25) is 18.6 Å². The van der Waals surface area contributed by atoms with Gasteiger partial charge in [0.2, 0.25) is 0 Å². The van der Waals surface area contributed by atoms with Crippen molar-refractivity contribution >= 4 is 19.8 Å². The molecule has 0 saturated carbocycles. The highest BCUT2D eigenvalue weighted by Crippen LogP contribution is 2.43.